The number of rotatable bonds is 6. The molecule has 0 radical (unpaired) electrons. The summed E-state index contributed by atoms with van der Waals surface area (Å²) in [5, 5.41) is 7.37. The van der Waals surface area contributed by atoms with Crippen molar-refractivity contribution in [3.8, 4) is 51.0 Å². The van der Waals surface area contributed by atoms with Gasteiger partial charge in [-0.15, -0.1) is 0 Å². The number of anilines is 2. The number of hydrogen-bond acceptors (Lipinski definition) is 4. The third kappa shape index (κ3) is 6.78. The van der Waals surface area contributed by atoms with Gasteiger partial charge in [0.15, 0.2) is 17.5 Å². The summed E-state index contributed by atoms with van der Waals surface area (Å²) < 4.78 is 2.40. The van der Waals surface area contributed by atoms with Crippen LogP contribution in [0.25, 0.3) is 99.9 Å². The van der Waals surface area contributed by atoms with Crippen LogP contribution in [0.4, 0.5) is 11.4 Å². The van der Waals surface area contributed by atoms with E-state index in [4.69, 9.17) is 15.0 Å². The van der Waals surface area contributed by atoms with Crippen molar-refractivity contribution in [3.63, 3.8) is 0 Å². The van der Waals surface area contributed by atoms with Crippen LogP contribution in [-0.4, -0.2) is 26.1 Å². The fourth-order valence-electron chi connectivity index (χ4n) is 9.46. The standard InChI is InChI=1S/C60H41N5/c1-40-19-6-5-17-34-64(47-27-18-24-44(35-47)60-62-58(41-20-7-2-8-21-41)61-59(63-60)42-22-9-3-10-23-42)55-33-32-43(36-51(40)55)52-37-45-38-57-54(39-53(45)49-29-14-13-28-48(49)52)50-30-15-16-31-56(50)65(57)46-25-11-4-12-26-46/h2-33,35-39H,1,34H2/b17-5-,19-6-. The molecule has 5 nitrogen and oxygen atoms in total. The van der Waals surface area contributed by atoms with Crippen LogP contribution in [0.2, 0.25) is 0 Å². The molecule has 0 bridgehead atoms. The molecule has 5 heteroatoms. The van der Waals surface area contributed by atoms with Crippen molar-refractivity contribution in [1.82, 2.24) is 19.5 Å². The fourth-order valence-corrected chi connectivity index (χ4v) is 9.46. The van der Waals surface area contributed by atoms with Gasteiger partial charge in [0.1, 0.15) is 0 Å². The molecule has 0 unspecified atom stereocenters. The summed E-state index contributed by atoms with van der Waals surface area (Å²) >= 11 is 0. The van der Waals surface area contributed by atoms with E-state index in [1.165, 1.54) is 48.9 Å². The topological polar surface area (TPSA) is 46.8 Å². The molecule has 0 N–H and O–H groups in total. The van der Waals surface area contributed by atoms with Crippen LogP contribution in [0.5, 0.6) is 0 Å². The Bertz CT molecular complexity index is 3640. The summed E-state index contributed by atoms with van der Waals surface area (Å²) in [6, 6.07) is 71.0. The first-order chi connectivity index (χ1) is 32.1. The minimum absolute atomic E-state index is 0.616. The number of aromatic nitrogens is 4. The van der Waals surface area contributed by atoms with Crippen LogP contribution >= 0.6 is 0 Å². The second-order valence-corrected chi connectivity index (χ2v) is 16.5. The van der Waals surface area contributed by atoms with Gasteiger partial charge in [-0.25, -0.2) is 15.0 Å². The van der Waals surface area contributed by atoms with Crippen molar-refractivity contribution in [1.29, 1.82) is 0 Å². The zero-order valence-electron chi connectivity index (χ0n) is 35.5. The van der Waals surface area contributed by atoms with Crippen molar-refractivity contribution in [2.24, 2.45) is 0 Å². The number of nitrogens with zero attached hydrogens (tertiary/aromatic N) is 5. The average Bonchev–Trinajstić information content (AvgIpc) is 3.73. The van der Waals surface area contributed by atoms with E-state index in [-0.39, 0.29) is 0 Å². The lowest BCUT2D eigenvalue weighted by molar-refractivity contribution is 1.07. The predicted octanol–water partition coefficient (Wildman–Crippen LogP) is 15.2. The minimum atomic E-state index is 0.616. The maximum Gasteiger partial charge on any atom is 0.164 e. The lowest BCUT2D eigenvalue weighted by Gasteiger charge is -2.27. The first kappa shape index (κ1) is 38.0. The molecular formula is C60H41N5. The van der Waals surface area contributed by atoms with E-state index in [2.05, 4.69) is 180 Å². The molecule has 306 valence electrons. The zero-order chi connectivity index (χ0) is 43.3. The van der Waals surface area contributed by atoms with E-state index >= 15 is 0 Å². The molecule has 1 aliphatic heterocycles. The Morgan fingerprint density at radius 2 is 1.02 bits per heavy atom. The molecule has 0 atom stereocenters. The van der Waals surface area contributed by atoms with Gasteiger partial charge in [0, 0.05) is 56.6 Å². The van der Waals surface area contributed by atoms with Crippen LogP contribution in [0.15, 0.2) is 231 Å². The lowest BCUT2D eigenvalue weighted by atomic mass is 9.90. The fraction of sp³-hybridized carbons (Fsp3) is 0.0167. The van der Waals surface area contributed by atoms with Crippen LogP contribution in [0.1, 0.15) is 5.56 Å². The van der Waals surface area contributed by atoms with Gasteiger partial charge >= 0.3 is 0 Å². The van der Waals surface area contributed by atoms with Crippen LogP contribution in [0, 0.1) is 0 Å². The van der Waals surface area contributed by atoms with Crippen molar-refractivity contribution in [3.05, 3.63) is 237 Å². The molecule has 0 saturated carbocycles. The summed E-state index contributed by atoms with van der Waals surface area (Å²) in [7, 11) is 0. The van der Waals surface area contributed by atoms with Crippen molar-refractivity contribution in [2.75, 3.05) is 11.4 Å². The van der Waals surface area contributed by atoms with Crippen LogP contribution < -0.4 is 4.90 Å². The third-order valence-electron chi connectivity index (χ3n) is 12.6. The smallest absolute Gasteiger partial charge is 0.164 e. The second kappa shape index (κ2) is 15.9. The van der Waals surface area contributed by atoms with Gasteiger partial charge in [0.05, 0.1) is 11.0 Å². The highest BCUT2D eigenvalue weighted by Gasteiger charge is 2.21. The number of para-hydroxylation sites is 2. The summed E-state index contributed by atoms with van der Waals surface area (Å²) in [6.45, 7) is 5.28. The Balaban J connectivity index is 1.00. The number of allylic oxidation sites excluding steroid dienone is 4. The first-order valence-electron chi connectivity index (χ1n) is 22.0. The Hall–Kier alpha value is -8.67. The molecule has 0 amide bonds. The molecule has 12 rings (SSSR count). The molecular weight excluding hydrogens is 791 g/mol. The molecule has 0 fully saturated rings. The molecule has 0 spiro atoms. The zero-order valence-corrected chi connectivity index (χ0v) is 35.5. The van der Waals surface area contributed by atoms with E-state index in [0.717, 1.165) is 50.5 Å². The van der Waals surface area contributed by atoms with Crippen LogP contribution in [-0.2, 0) is 0 Å². The molecule has 0 saturated heterocycles. The average molecular weight is 832 g/mol. The highest BCUT2D eigenvalue weighted by molar-refractivity contribution is 6.21. The molecule has 0 aliphatic carbocycles. The molecule has 9 aromatic carbocycles. The van der Waals surface area contributed by atoms with Crippen molar-refractivity contribution >= 4 is 60.3 Å². The first-order valence-corrected chi connectivity index (χ1v) is 22.0. The minimum Gasteiger partial charge on any atom is -0.337 e. The van der Waals surface area contributed by atoms with Crippen LogP contribution in [0.3, 0.4) is 0 Å². The maximum atomic E-state index is 5.05. The Labute approximate surface area is 377 Å². The summed E-state index contributed by atoms with van der Waals surface area (Å²) in [4.78, 5) is 17.4. The largest absolute Gasteiger partial charge is 0.337 e. The molecule has 65 heavy (non-hydrogen) atoms. The normalized spacial score (nSPS) is 13.7. The Kier molecular flexibility index (Phi) is 9.31. The number of hydrogen-bond donors (Lipinski definition) is 0. The maximum absolute atomic E-state index is 5.05. The van der Waals surface area contributed by atoms with E-state index in [0.29, 0.717) is 24.0 Å². The van der Waals surface area contributed by atoms with Gasteiger partial charge in [0.2, 0.25) is 0 Å². The van der Waals surface area contributed by atoms with Gasteiger partial charge in [-0.05, 0) is 98.9 Å². The van der Waals surface area contributed by atoms with Crippen molar-refractivity contribution in [2.45, 2.75) is 0 Å². The van der Waals surface area contributed by atoms with E-state index in [9.17, 15) is 0 Å². The Morgan fingerprint density at radius 1 is 0.400 bits per heavy atom. The van der Waals surface area contributed by atoms with E-state index < -0.39 is 0 Å². The Morgan fingerprint density at radius 3 is 1.75 bits per heavy atom. The molecule has 3 heterocycles. The van der Waals surface area contributed by atoms with Gasteiger partial charge in [-0.3, -0.25) is 0 Å². The SMILES string of the molecule is C=C1/C=C\C=C/CN(c2cccc(-c3nc(-c4ccccc4)nc(-c4ccccc4)n3)c2)c2ccc(-c3cc4cc5c(cc4c4ccccc34)c3ccccc3n5-c3ccccc3)cc21. The third-order valence-corrected chi connectivity index (χ3v) is 12.6. The van der Waals surface area contributed by atoms with Gasteiger partial charge < -0.3 is 9.47 Å². The lowest BCUT2D eigenvalue weighted by Crippen LogP contribution is -2.18. The highest BCUT2D eigenvalue weighted by Crippen LogP contribution is 2.43. The van der Waals surface area contributed by atoms with Gasteiger partial charge in [-0.1, -0.05) is 170 Å². The van der Waals surface area contributed by atoms with Gasteiger partial charge in [0.25, 0.3) is 0 Å². The second-order valence-electron chi connectivity index (χ2n) is 16.5. The summed E-state index contributed by atoms with van der Waals surface area (Å²) in [5.74, 6) is 1.88. The van der Waals surface area contributed by atoms with E-state index in [1.807, 2.05) is 60.7 Å². The monoisotopic (exact) mass is 831 g/mol. The highest BCUT2D eigenvalue weighted by atomic mass is 15.1. The predicted molar refractivity (Wildman–Crippen MR) is 272 cm³/mol. The number of benzene rings is 9. The summed E-state index contributed by atoms with van der Waals surface area (Å²) in [6.07, 6.45) is 8.49. The van der Waals surface area contributed by atoms with Crippen molar-refractivity contribution < 1.29 is 0 Å². The molecule has 11 aromatic rings. The van der Waals surface area contributed by atoms with Gasteiger partial charge in [-0.2, -0.15) is 0 Å². The quantitative estimate of drug-likeness (QED) is 0.157. The molecule has 1 aliphatic rings. The molecule has 2 aromatic heterocycles. The summed E-state index contributed by atoms with van der Waals surface area (Å²) in [5.41, 5.74) is 12.7. The van der Waals surface area contributed by atoms with E-state index in [1.54, 1.807) is 0 Å². The number of fused-ring (bicyclic) bond motifs is 7.